The minimum atomic E-state index is 0. The fourth-order valence-corrected chi connectivity index (χ4v) is 6.52. The predicted molar refractivity (Wildman–Crippen MR) is 159 cm³/mol. The summed E-state index contributed by atoms with van der Waals surface area (Å²) in [6.45, 7) is 5.66. The van der Waals surface area contributed by atoms with Crippen LogP contribution < -0.4 is 0 Å². The average molecular weight is 569 g/mol. The second-order valence-corrected chi connectivity index (χ2v) is 10.8. The summed E-state index contributed by atoms with van der Waals surface area (Å²) < 4.78 is 5.83. The highest BCUT2D eigenvalue weighted by atomic mass is 35.5. The lowest BCUT2D eigenvalue weighted by molar-refractivity contribution is 0.0981. The summed E-state index contributed by atoms with van der Waals surface area (Å²) >= 11 is 14.5. The first-order valence-corrected chi connectivity index (χ1v) is 13.7. The first-order chi connectivity index (χ1) is 17.7. The normalized spacial score (nSPS) is 14.6. The van der Waals surface area contributed by atoms with Gasteiger partial charge in [-0.1, -0.05) is 78.3 Å². The topological polar surface area (TPSA) is 29.2 Å². The molecular weight excluding hydrogens is 541 g/mol. The van der Waals surface area contributed by atoms with Crippen molar-refractivity contribution in [3.8, 4) is 16.4 Å². The lowest BCUT2D eigenvalue weighted by atomic mass is 10.2. The molecule has 0 N–H and O–H groups in total. The molecule has 3 heterocycles. The van der Waals surface area contributed by atoms with Gasteiger partial charge in [-0.3, -0.25) is 14.4 Å². The lowest BCUT2D eigenvalue weighted by Gasteiger charge is -2.34. The van der Waals surface area contributed by atoms with Crippen LogP contribution in [0.3, 0.4) is 0 Å². The number of thiophene rings is 1. The van der Waals surface area contributed by atoms with Gasteiger partial charge in [-0.15, -0.1) is 28.8 Å². The van der Waals surface area contributed by atoms with Crippen molar-refractivity contribution in [1.82, 2.24) is 24.1 Å². The van der Waals surface area contributed by atoms with Crippen LogP contribution in [0.25, 0.3) is 26.5 Å². The Labute approximate surface area is 236 Å². The zero-order valence-electron chi connectivity index (χ0n) is 20.2. The molecule has 1 fully saturated rings. The Morgan fingerprint density at radius 2 is 1.43 bits per heavy atom. The molecule has 0 aliphatic carbocycles. The Hall–Kier alpha value is -2.52. The number of para-hydroxylation sites is 1. The van der Waals surface area contributed by atoms with Crippen LogP contribution in [0.5, 0.6) is 0 Å². The molecule has 1 saturated heterocycles. The number of aromatic nitrogens is 3. The maximum Gasteiger partial charge on any atom is 0.204 e. The minimum Gasteiger partial charge on any atom is -0.297 e. The molecule has 0 amide bonds. The van der Waals surface area contributed by atoms with E-state index >= 15 is 0 Å². The second-order valence-electron chi connectivity index (χ2n) is 9.04. The second kappa shape index (κ2) is 11.5. The number of benzene rings is 3. The Morgan fingerprint density at radius 3 is 2.14 bits per heavy atom. The number of hydrogen-bond donors (Lipinski definition) is 0. The number of rotatable bonds is 6. The summed E-state index contributed by atoms with van der Waals surface area (Å²) in [6.07, 6.45) is 0. The van der Waals surface area contributed by atoms with E-state index in [9.17, 15) is 0 Å². The van der Waals surface area contributed by atoms with Crippen molar-refractivity contribution >= 4 is 57.6 Å². The van der Waals surface area contributed by atoms with Crippen LogP contribution in [0.1, 0.15) is 5.56 Å². The van der Waals surface area contributed by atoms with Crippen LogP contribution in [0, 0.1) is 4.77 Å². The van der Waals surface area contributed by atoms with E-state index < -0.39 is 0 Å². The predicted octanol–water partition coefficient (Wildman–Crippen LogP) is 7.14. The average Bonchev–Trinajstić information content (AvgIpc) is 3.42. The van der Waals surface area contributed by atoms with Crippen molar-refractivity contribution in [3.63, 3.8) is 0 Å². The van der Waals surface area contributed by atoms with E-state index in [2.05, 4.69) is 69.0 Å². The van der Waals surface area contributed by atoms with Gasteiger partial charge in [0.25, 0.3) is 0 Å². The van der Waals surface area contributed by atoms with Gasteiger partial charge in [-0.25, -0.2) is 4.68 Å². The molecule has 0 radical (unpaired) electrons. The van der Waals surface area contributed by atoms with Crippen molar-refractivity contribution in [1.29, 1.82) is 0 Å². The van der Waals surface area contributed by atoms with Gasteiger partial charge < -0.3 is 0 Å². The number of piperazine rings is 1. The van der Waals surface area contributed by atoms with E-state index in [1.807, 2.05) is 35.0 Å². The molecular formula is C28H27Cl2N5S2. The summed E-state index contributed by atoms with van der Waals surface area (Å²) in [5.41, 5.74) is 2.35. The van der Waals surface area contributed by atoms with E-state index in [1.54, 1.807) is 11.3 Å². The van der Waals surface area contributed by atoms with E-state index in [4.69, 9.17) is 28.9 Å². The maximum atomic E-state index is 6.88. The fraction of sp³-hybridized carbons (Fsp3) is 0.214. The van der Waals surface area contributed by atoms with Crippen LogP contribution in [0.4, 0.5) is 0 Å². The standard InChI is InChI=1S/C28H26ClN5S2.ClH/c29-25-23-13-7-8-14-24(23)36-26(25)27-30-33(28(35)34(27)22-11-5-2-6-12-22)20-32-17-15-31(16-18-32)19-21-9-3-1-4-10-21;/h1-14H,15-20H2;1H. The molecule has 0 bridgehead atoms. The van der Waals surface area contributed by atoms with Crippen molar-refractivity contribution in [2.45, 2.75) is 13.2 Å². The number of hydrogen-bond acceptors (Lipinski definition) is 5. The third kappa shape index (κ3) is 5.39. The highest BCUT2D eigenvalue weighted by molar-refractivity contribution is 7.71. The zero-order chi connectivity index (χ0) is 24.5. The summed E-state index contributed by atoms with van der Waals surface area (Å²) in [5, 5.41) is 6.82. The lowest BCUT2D eigenvalue weighted by Crippen LogP contribution is -2.46. The molecule has 2 aromatic heterocycles. The highest BCUT2D eigenvalue weighted by Crippen LogP contribution is 2.42. The summed E-state index contributed by atoms with van der Waals surface area (Å²) in [4.78, 5) is 5.88. The monoisotopic (exact) mass is 567 g/mol. The fourth-order valence-electron chi connectivity index (χ4n) is 4.73. The zero-order valence-corrected chi connectivity index (χ0v) is 23.4. The minimum absolute atomic E-state index is 0. The Morgan fingerprint density at radius 1 is 0.811 bits per heavy atom. The van der Waals surface area contributed by atoms with Crippen LogP contribution in [0.15, 0.2) is 84.9 Å². The Kier molecular flexibility index (Phi) is 8.09. The molecule has 1 aliphatic rings. The van der Waals surface area contributed by atoms with Gasteiger partial charge in [0.05, 0.1) is 22.3 Å². The summed E-state index contributed by atoms with van der Waals surface area (Å²) in [5.74, 6) is 0.792. The van der Waals surface area contributed by atoms with Gasteiger partial charge in [0.15, 0.2) is 5.82 Å². The molecule has 0 atom stereocenters. The first-order valence-electron chi connectivity index (χ1n) is 12.1. The van der Waals surface area contributed by atoms with Crippen LogP contribution in [-0.4, -0.2) is 50.3 Å². The van der Waals surface area contributed by atoms with Crippen LogP contribution in [-0.2, 0) is 13.2 Å². The molecule has 37 heavy (non-hydrogen) atoms. The van der Waals surface area contributed by atoms with Gasteiger partial charge >= 0.3 is 0 Å². The number of fused-ring (bicyclic) bond motifs is 1. The molecule has 9 heteroatoms. The van der Waals surface area contributed by atoms with Crippen molar-refractivity contribution in [3.05, 3.63) is 100 Å². The van der Waals surface area contributed by atoms with Crippen LogP contribution in [0.2, 0.25) is 5.02 Å². The molecule has 3 aromatic carbocycles. The Balaban J connectivity index is 0.00000280. The van der Waals surface area contributed by atoms with E-state index in [1.165, 1.54) is 5.56 Å². The molecule has 5 nitrogen and oxygen atoms in total. The van der Waals surface area contributed by atoms with Crippen molar-refractivity contribution < 1.29 is 0 Å². The third-order valence-corrected chi connectivity index (χ3v) is 8.70. The first kappa shape index (κ1) is 26.1. The van der Waals surface area contributed by atoms with Crippen molar-refractivity contribution in [2.75, 3.05) is 26.2 Å². The Bertz CT molecular complexity index is 1540. The van der Waals surface area contributed by atoms with Gasteiger partial charge in [-0.05, 0) is 36.0 Å². The highest BCUT2D eigenvalue weighted by Gasteiger charge is 2.23. The van der Waals surface area contributed by atoms with Crippen LogP contribution >= 0.6 is 47.6 Å². The van der Waals surface area contributed by atoms with Gasteiger partial charge in [-0.2, -0.15) is 0 Å². The molecule has 0 saturated carbocycles. The van der Waals surface area contributed by atoms with Gasteiger partial charge in [0.2, 0.25) is 4.77 Å². The molecule has 0 spiro atoms. The quantitative estimate of drug-likeness (QED) is 0.204. The number of nitrogens with zero attached hydrogens (tertiary/aromatic N) is 5. The largest absolute Gasteiger partial charge is 0.297 e. The van der Waals surface area contributed by atoms with Crippen molar-refractivity contribution in [2.24, 2.45) is 0 Å². The van der Waals surface area contributed by atoms with Gasteiger partial charge in [0, 0.05) is 42.8 Å². The van der Waals surface area contributed by atoms with E-state index in [-0.39, 0.29) is 12.4 Å². The maximum absolute atomic E-state index is 6.88. The molecule has 190 valence electrons. The third-order valence-electron chi connectivity index (χ3n) is 6.64. The number of halogens is 2. The van der Waals surface area contributed by atoms with E-state index in [0.29, 0.717) is 11.4 Å². The molecule has 5 aromatic rings. The van der Waals surface area contributed by atoms with Gasteiger partial charge in [0.1, 0.15) is 0 Å². The smallest absolute Gasteiger partial charge is 0.204 e. The summed E-state index contributed by atoms with van der Waals surface area (Å²) in [6, 6.07) is 29.1. The summed E-state index contributed by atoms with van der Waals surface area (Å²) in [7, 11) is 0. The molecule has 1 aliphatic heterocycles. The molecule has 6 rings (SSSR count). The SMILES string of the molecule is Cl.S=c1n(CN2CCN(Cc3ccccc3)CC2)nc(-c2sc3ccccc3c2Cl)n1-c1ccccc1. The van der Waals surface area contributed by atoms with E-state index in [0.717, 1.165) is 64.2 Å². The molecule has 0 unspecified atom stereocenters.